The van der Waals surface area contributed by atoms with E-state index in [0.29, 0.717) is 5.75 Å². The predicted molar refractivity (Wildman–Crippen MR) is 136 cm³/mol. The summed E-state index contributed by atoms with van der Waals surface area (Å²) in [6, 6.07) is 8.60. The fraction of sp³-hybridized carbons (Fsp3) is 0.435. The summed E-state index contributed by atoms with van der Waals surface area (Å²) in [7, 11) is 0. The van der Waals surface area contributed by atoms with Gasteiger partial charge in [-0.15, -0.1) is 6.42 Å². The van der Waals surface area contributed by atoms with Crippen LogP contribution < -0.4 is 20.9 Å². The highest BCUT2D eigenvalue weighted by molar-refractivity contribution is 8.09. The molecule has 14 heteroatoms. The average Bonchev–Trinajstić information content (AvgIpc) is 3.08. The van der Waals surface area contributed by atoms with Crippen molar-refractivity contribution in [2.75, 3.05) is 6.61 Å². The van der Waals surface area contributed by atoms with Crippen molar-refractivity contribution in [3.8, 4) is 18.1 Å². The van der Waals surface area contributed by atoms with Crippen LogP contribution in [-0.2, 0) is 30.6 Å². The van der Waals surface area contributed by atoms with Crippen molar-refractivity contribution >= 4 is 24.4 Å². The van der Waals surface area contributed by atoms with E-state index < -0.39 is 60.5 Å². The molecule has 1 aromatic heterocycles. The van der Waals surface area contributed by atoms with Gasteiger partial charge in [-0.05, 0) is 44.7 Å². The van der Waals surface area contributed by atoms with Crippen molar-refractivity contribution in [2.24, 2.45) is 0 Å². The summed E-state index contributed by atoms with van der Waals surface area (Å²) in [5.41, 5.74) is -3.92. The Bertz CT molecular complexity index is 1310. The molecule has 3 rings (SSSR count). The number of nitrogens with zero attached hydrogens (tertiary/aromatic N) is 1. The van der Waals surface area contributed by atoms with Crippen LogP contribution >= 0.6 is 6.64 Å². The number of esters is 1. The van der Waals surface area contributed by atoms with Gasteiger partial charge in [-0.25, -0.2) is 9.88 Å². The molecule has 2 heterocycles. The van der Waals surface area contributed by atoms with E-state index in [0.717, 1.165) is 16.8 Å². The average molecular weight is 554 g/mol. The molecular weight excluding hydrogens is 525 g/mol. The van der Waals surface area contributed by atoms with Gasteiger partial charge in [-0.2, -0.15) is 0 Å². The Labute approximate surface area is 217 Å². The van der Waals surface area contributed by atoms with Crippen LogP contribution in [0.25, 0.3) is 0 Å². The number of aromatic nitrogens is 2. The smallest absolute Gasteiger partial charge is 0.330 e. The third kappa shape index (κ3) is 6.74. The third-order valence-corrected chi connectivity index (χ3v) is 7.75. The van der Waals surface area contributed by atoms with Gasteiger partial charge >= 0.3 is 18.3 Å². The van der Waals surface area contributed by atoms with Gasteiger partial charge in [0.15, 0.2) is 11.8 Å². The zero-order valence-electron chi connectivity index (χ0n) is 20.3. The lowest BCUT2D eigenvalue weighted by Crippen LogP contribution is -2.48. The number of carbonyl (C=O) groups excluding carboxylic acids is 1. The number of hydrogen-bond acceptors (Lipinski definition) is 10. The monoisotopic (exact) mass is 553 g/mol. The molecule has 0 spiro atoms. The summed E-state index contributed by atoms with van der Waals surface area (Å²) >= 11 is 5.62. The Hall–Kier alpha value is -2.82. The Morgan fingerprint density at radius 3 is 2.59 bits per heavy atom. The summed E-state index contributed by atoms with van der Waals surface area (Å²) < 4.78 is 23.5. The number of aliphatic hydroxyl groups is 2. The maximum absolute atomic E-state index is 12.4. The van der Waals surface area contributed by atoms with Gasteiger partial charge in [-0.3, -0.25) is 19.1 Å². The molecular formula is C23H28N3O9PS. The lowest BCUT2D eigenvalue weighted by atomic mass is 9.95. The van der Waals surface area contributed by atoms with E-state index in [1.54, 1.807) is 44.2 Å². The molecule has 1 saturated heterocycles. The standard InChI is InChI=1S/C23H28N3O9PS/c1-5-23(31)19(28)17(34-21(23)26-12-11-18(27)24-22(26)30)13-32-36(37,35-16-9-7-6-8-10-16)25-15(4)20(29)33-14(2)3/h1,6-12,14-15,17,19,21,28,31H,13H2,2-4H3,(H,25,37)(H,24,27,30)/t15-,17+,19+,21?,23+,36?/m0/s1. The highest BCUT2D eigenvalue weighted by Gasteiger charge is 2.56. The first-order valence-corrected chi connectivity index (χ1v) is 13.8. The van der Waals surface area contributed by atoms with E-state index in [9.17, 15) is 24.6 Å². The maximum Gasteiger partial charge on any atom is 0.330 e. The van der Waals surface area contributed by atoms with Crippen molar-refractivity contribution in [1.29, 1.82) is 0 Å². The second-order valence-electron chi connectivity index (χ2n) is 8.49. The topological polar surface area (TPSA) is 161 Å². The van der Waals surface area contributed by atoms with Crippen molar-refractivity contribution in [2.45, 2.75) is 57.0 Å². The first-order valence-electron chi connectivity index (χ1n) is 11.2. The van der Waals surface area contributed by atoms with Gasteiger partial charge in [0, 0.05) is 12.3 Å². The number of benzene rings is 1. The van der Waals surface area contributed by atoms with E-state index >= 15 is 0 Å². The number of para-hydroxylation sites is 1. The molecule has 0 bridgehead atoms. The number of ether oxygens (including phenoxy) is 2. The summed E-state index contributed by atoms with van der Waals surface area (Å²) in [6.07, 6.45) is 1.66. The summed E-state index contributed by atoms with van der Waals surface area (Å²) in [5, 5.41) is 24.6. The number of nitrogens with one attached hydrogen (secondary N) is 2. The van der Waals surface area contributed by atoms with Crippen LogP contribution in [0, 0.1) is 12.3 Å². The molecule has 0 amide bonds. The van der Waals surface area contributed by atoms with Crippen LogP contribution in [0.15, 0.2) is 52.2 Å². The molecule has 0 aliphatic carbocycles. The largest absolute Gasteiger partial charge is 0.462 e. The minimum absolute atomic E-state index is 0.355. The van der Waals surface area contributed by atoms with Crippen LogP contribution in [0.4, 0.5) is 0 Å². The first-order chi connectivity index (χ1) is 17.4. The molecule has 4 N–H and O–H groups in total. The Morgan fingerprint density at radius 1 is 1.32 bits per heavy atom. The summed E-state index contributed by atoms with van der Waals surface area (Å²) in [6.45, 7) is 1.000. The zero-order valence-corrected chi connectivity index (χ0v) is 22.0. The van der Waals surface area contributed by atoms with Crippen molar-refractivity contribution in [3.05, 3.63) is 63.4 Å². The number of hydrogen-bond donors (Lipinski definition) is 4. The molecule has 0 saturated carbocycles. The molecule has 12 nitrogen and oxygen atoms in total. The normalized spacial score (nSPS) is 25.7. The van der Waals surface area contributed by atoms with E-state index in [-0.39, 0.29) is 6.10 Å². The second-order valence-corrected chi connectivity index (χ2v) is 11.6. The van der Waals surface area contributed by atoms with Crippen molar-refractivity contribution in [1.82, 2.24) is 14.6 Å². The van der Waals surface area contributed by atoms with Gasteiger partial charge < -0.3 is 28.7 Å². The number of aromatic amines is 1. The van der Waals surface area contributed by atoms with Crippen molar-refractivity contribution < 1.29 is 33.5 Å². The predicted octanol–water partition coefficient (Wildman–Crippen LogP) is 0.409. The van der Waals surface area contributed by atoms with Crippen LogP contribution in [0.2, 0.25) is 0 Å². The molecule has 1 fully saturated rings. The number of aliphatic hydroxyl groups excluding tert-OH is 1. The highest BCUT2D eigenvalue weighted by atomic mass is 32.5. The van der Waals surface area contributed by atoms with E-state index in [2.05, 4.69) is 11.0 Å². The van der Waals surface area contributed by atoms with E-state index in [4.69, 9.17) is 36.8 Å². The minimum Gasteiger partial charge on any atom is -0.462 e. The summed E-state index contributed by atoms with van der Waals surface area (Å²) in [5.74, 6) is 1.83. The zero-order chi connectivity index (χ0) is 27.4. The number of H-pyrrole nitrogens is 1. The number of rotatable bonds is 10. The minimum atomic E-state index is -3.49. The lowest BCUT2D eigenvalue weighted by molar-refractivity contribution is -0.149. The Kier molecular flexibility index (Phi) is 9.09. The quantitative estimate of drug-likeness (QED) is 0.183. The molecule has 6 atom stereocenters. The molecule has 1 aliphatic heterocycles. The molecule has 200 valence electrons. The highest BCUT2D eigenvalue weighted by Crippen LogP contribution is 2.47. The molecule has 37 heavy (non-hydrogen) atoms. The molecule has 0 radical (unpaired) electrons. The summed E-state index contributed by atoms with van der Waals surface area (Å²) in [4.78, 5) is 38.1. The molecule has 1 aromatic carbocycles. The second kappa shape index (κ2) is 11.7. The van der Waals surface area contributed by atoms with Crippen LogP contribution in [0.1, 0.15) is 27.0 Å². The number of terminal acetylenes is 1. The molecule has 2 unspecified atom stereocenters. The first kappa shape index (κ1) is 28.7. The van der Waals surface area contributed by atoms with Gasteiger partial charge in [0.1, 0.15) is 24.0 Å². The van der Waals surface area contributed by atoms with Crippen LogP contribution in [0.5, 0.6) is 5.75 Å². The fourth-order valence-corrected chi connectivity index (χ4v) is 5.87. The molecule has 1 aliphatic rings. The third-order valence-electron chi connectivity index (χ3n) is 5.25. The van der Waals surface area contributed by atoms with Gasteiger partial charge in [0.05, 0.1) is 12.7 Å². The number of carbonyl (C=O) groups is 1. The van der Waals surface area contributed by atoms with Crippen molar-refractivity contribution in [3.63, 3.8) is 0 Å². The Balaban J connectivity index is 1.84. The van der Waals surface area contributed by atoms with Gasteiger partial charge in [0.2, 0.25) is 0 Å². The van der Waals surface area contributed by atoms with Gasteiger partial charge in [-0.1, -0.05) is 24.1 Å². The molecule has 2 aromatic rings. The Morgan fingerprint density at radius 2 is 2.00 bits per heavy atom. The van der Waals surface area contributed by atoms with Crippen LogP contribution in [0.3, 0.4) is 0 Å². The SMILES string of the molecule is C#C[C@]1(O)C(n2ccc(=O)[nH]c2=O)O[C@H](COP(=S)(N[C@@H](C)C(=O)OC(C)C)Oc2ccccc2)[C@H]1O. The van der Waals surface area contributed by atoms with Crippen LogP contribution in [-0.4, -0.2) is 62.3 Å². The van der Waals surface area contributed by atoms with Gasteiger partial charge in [0.25, 0.3) is 5.56 Å². The maximum atomic E-state index is 12.4. The fourth-order valence-electron chi connectivity index (χ4n) is 3.46. The van der Waals surface area contributed by atoms with E-state index in [1.165, 1.54) is 6.92 Å². The lowest BCUT2D eigenvalue weighted by Gasteiger charge is -2.28. The van der Waals surface area contributed by atoms with E-state index in [1.807, 2.05) is 4.98 Å².